The molecule has 0 atom stereocenters. The van der Waals surface area contributed by atoms with E-state index in [4.69, 9.17) is 0 Å². The summed E-state index contributed by atoms with van der Waals surface area (Å²) in [6, 6.07) is 7.58. The zero-order valence-electron chi connectivity index (χ0n) is 15.1. The van der Waals surface area contributed by atoms with Gasteiger partial charge in [0.2, 0.25) is 0 Å². The van der Waals surface area contributed by atoms with Crippen molar-refractivity contribution in [3.8, 4) is 0 Å². The van der Waals surface area contributed by atoms with E-state index in [1.807, 2.05) is 41.5 Å². The molecule has 2 aromatic carbocycles. The summed E-state index contributed by atoms with van der Waals surface area (Å²) in [6.07, 6.45) is 0. The molecular formula is C20H26F4. The number of halogens is 4. The van der Waals surface area contributed by atoms with Crippen LogP contribution in [0.4, 0.5) is 17.6 Å². The smallest absolute Gasteiger partial charge is 0.159 e. The summed E-state index contributed by atoms with van der Waals surface area (Å²) in [4.78, 5) is 0. The molecule has 0 aromatic heterocycles. The summed E-state index contributed by atoms with van der Waals surface area (Å²) in [5.41, 5.74) is 1.52. The van der Waals surface area contributed by atoms with Crippen molar-refractivity contribution in [2.75, 3.05) is 0 Å². The van der Waals surface area contributed by atoms with Gasteiger partial charge in [-0.1, -0.05) is 47.6 Å². The predicted molar refractivity (Wildman–Crippen MR) is 92.2 cm³/mol. The molecule has 0 aliphatic carbocycles. The molecule has 0 aliphatic rings. The second-order valence-corrected chi connectivity index (χ2v) is 5.69. The number of rotatable bonds is 2. The zero-order valence-corrected chi connectivity index (χ0v) is 15.1. The Morgan fingerprint density at radius 2 is 1.04 bits per heavy atom. The maximum absolute atomic E-state index is 12.6. The van der Waals surface area contributed by atoms with Crippen LogP contribution in [0.2, 0.25) is 0 Å². The average molecular weight is 342 g/mol. The van der Waals surface area contributed by atoms with Gasteiger partial charge in [0.1, 0.15) is 11.6 Å². The van der Waals surface area contributed by atoms with Crippen molar-refractivity contribution in [2.24, 2.45) is 0 Å². The van der Waals surface area contributed by atoms with E-state index in [0.29, 0.717) is 5.56 Å². The van der Waals surface area contributed by atoms with Gasteiger partial charge in [-0.15, -0.1) is 0 Å². The maximum Gasteiger partial charge on any atom is 0.159 e. The van der Waals surface area contributed by atoms with Crippen LogP contribution in [0, 0.1) is 23.3 Å². The summed E-state index contributed by atoms with van der Waals surface area (Å²) in [6.45, 7) is 11.7. The molecule has 0 saturated heterocycles. The van der Waals surface area contributed by atoms with Gasteiger partial charge in [-0.25, -0.2) is 17.6 Å². The van der Waals surface area contributed by atoms with E-state index >= 15 is 0 Å². The molecule has 0 N–H and O–H groups in total. The Morgan fingerprint density at radius 1 is 0.583 bits per heavy atom. The molecule has 134 valence electrons. The van der Waals surface area contributed by atoms with Crippen molar-refractivity contribution in [1.29, 1.82) is 0 Å². The van der Waals surface area contributed by atoms with Crippen LogP contribution in [0.5, 0.6) is 0 Å². The second-order valence-electron chi connectivity index (χ2n) is 5.69. The third-order valence-corrected chi connectivity index (χ3v) is 3.16. The van der Waals surface area contributed by atoms with Gasteiger partial charge >= 0.3 is 0 Å². The van der Waals surface area contributed by atoms with Gasteiger partial charge in [0.25, 0.3) is 0 Å². The molecule has 0 aliphatic heterocycles. The molecule has 0 unspecified atom stereocenters. The van der Waals surface area contributed by atoms with Crippen LogP contribution < -0.4 is 0 Å². The first-order valence-corrected chi connectivity index (χ1v) is 8.11. The van der Waals surface area contributed by atoms with Crippen molar-refractivity contribution in [1.82, 2.24) is 0 Å². The molecule has 0 nitrogen and oxygen atoms in total. The molecule has 0 spiro atoms. The Morgan fingerprint density at radius 3 is 1.42 bits per heavy atom. The molecule has 4 heteroatoms. The average Bonchev–Trinajstić information content (AvgIpc) is 2.51. The molecule has 2 rings (SSSR count). The minimum absolute atomic E-state index is 0.167. The molecule has 0 heterocycles. The first-order chi connectivity index (χ1) is 11.2. The Bertz CT molecular complexity index is 599. The molecule has 0 bridgehead atoms. The van der Waals surface area contributed by atoms with Crippen LogP contribution in [0.3, 0.4) is 0 Å². The Hall–Kier alpha value is -1.84. The summed E-state index contributed by atoms with van der Waals surface area (Å²) >= 11 is 0. The third-order valence-electron chi connectivity index (χ3n) is 3.16. The van der Waals surface area contributed by atoms with Gasteiger partial charge in [0, 0.05) is 6.07 Å². The van der Waals surface area contributed by atoms with Crippen LogP contribution in [0.15, 0.2) is 36.4 Å². The molecular weight excluding hydrogens is 316 g/mol. The fourth-order valence-corrected chi connectivity index (χ4v) is 1.78. The molecule has 2 aromatic rings. The molecule has 0 amide bonds. The van der Waals surface area contributed by atoms with Gasteiger partial charge in [-0.2, -0.15) is 0 Å². The van der Waals surface area contributed by atoms with Crippen molar-refractivity contribution >= 4 is 0 Å². The van der Waals surface area contributed by atoms with Crippen LogP contribution in [0.1, 0.15) is 64.5 Å². The highest BCUT2D eigenvalue weighted by Gasteiger charge is 2.04. The van der Waals surface area contributed by atoms with Gasteiger partial charge in [-0.3, -0.25) is 0 Å². The fraction of sp³-hybridized carbons (Fsp3) is 0.400. The largest absolute Gasteiger partial charge is 0.207 e. The second kappa shape index (κ2) is 10.8. The van der Waals surface area contributed by atoms with Gasteiger partial charge < -0.3 is 0 Å². The SMILES string of the molecule is CC.CC(C)c1cc(F)cc(F)c1.CC(C)c1ccc(F)c(F)c1. The third kappa shape index (κ3) is 7.62. The lowest BCUT2D eigenvalue weighted by Gasteiger charge is -2.04. The topological polar surface area (TPSA) is 0 Å². The van der Waals surface area contributed by atoms with E-state index in [-0.39, 0.29) is 11.8 Å². The standard InChI is InChI=1S/2C9H10F2.C2H6/c1-6(2)7-3-8(10)5-9(11)4-7;1-6(2)7-3-4-8(10)9(11)5-7;1-2/h2*3-6H,1-2H3;1-2H3. The van der Waals surface area contributed by atoms with E-state index < -0.39 is 23.3 Å². The maximum atomic E-state index is 12.6. The fourth-order valence-electron chi connectivity index (χ4n) is 1.78. The summed E-state index contributed by atoms with van der Waals surface area (Å²) in [5.74, 6) is -2.15. The van der Waals surface area contributed by atoms with E-state index in [9.17, 15) is 17.6 Å². The predicted octanol–water partition coefficient (Wildman–Crippen LogP) is 7.20. The molecule has 0 saturated carbocycles. The number of benzene rings is 2. The van der Waals surface area contributed by atoms with Gasteiger partial charge in [0.15, 0.2) is 11.6 Å². The number of hydrogen-bond acceptors (Lipinski definition) is 0. The lowest BCUT2D eigenvalue weighted by Crippen LogP contribution is -1.90. The van der Waals surface area contributed by atoms with E-state index in [2.05, 4.69) is 0 Å². The van der Waals surface area contributed by atoms with E-state index in [0.717, 1.165) is 17.7 Å². The van der Waals surface area contributed by atoms with Gasteiger partial charge in [-0.05, 0) is 47.2 Å². The molecule has 24 heavy (non-hydrogen) atoms. The van der Waals surface area contributed by atoms with Crippen LogP contribution >= 0.6 is 0 Å². The Kier molecular flexibility index (Phi) is 10.0. The van der Waals surface area contributed by atoms with Crippen molar-refractivity contribution in [2.45, 2.75) is 53.4 Å². The minimum Gasteiger partial charge on any atom is -0.207 e. The van der Waals surface area contributed by atoms with Gasteiger partial charge in [0.05, 0.1) is 0 Å². The summed E-state index contributed by atoms with van der Waals surface area (Å²) in [5, 5.41) is 0. The summed E-state index contributed by atoms with van der Waals surface area (Å²) < 4.78 is 50.0. The van der Waals surface area contributed by atoms with Crippen LogP contribution in [0.25, 0.3) is 0 Å². The Balaban J connectivity index is 0.000000400. The lowest BCUT2D eigenvalue weighted by atomic mass is 10.0. The zero-order chi connectivity index (χ0) is 18.9. The summed E-state index contributed by atoms with van der Waals surface area (Å²) in [7, 11) is 0. The first kappa shape index (κ1) is 22.2. The highest BCUT2D eigenvalue weighted by Crippen LogP contribution is 2.17. The van der Waals surface area contributed by atoms with Crippen molar-refractivity contribution < 1.29 is 17.6 Å². The molecule has 0 fully saturated rings. The quantitative estimate of drug-likeness (QED) is 0.506. The highest BCUT2D eigenvalue weighted by atomic mass is 19.2. The van der Waals surface area contributed by atoms with E-state index in [1.165, 1.54) is 18.2 Å². The number of hydrogen-bond donors (Lipinski definition) is 0. The molecule has 0 radical (unpaired) electrons. The lowest BCUT2D eigenvalue weighted by molar-refractivity contribution is 0.506. The first-order valence-electron chi connectivity index (χ1n) is 8.11. The van der Waals surface area contributed by atoms with Crippen molar-refractivity contribution in [3.63, 3.8) is 0 Å². The van der Waals surface area contributed by atoms with Crippen LogP contribution in [-0.2, 0) is 0 Å². The minimum atomic E-state index is -0.783. The van der Waals surface area contributed by atoms with E-state index in [1.54, 1.807) is 6.07 Å². The van der Waals surface area contributed by atoms with Crippen molar-refractivity contribution in [3.05, 3.63) is 70.8 Å². The normalized spacial score (nSPS) is 10.0. The van der Waals surface area contributed by atoms with Crippen LogP contribution in [-0.4, -0.2) is 0 Å². The Labute approximate surface area is 142 Å². The monoisotopic (exact) mass is 342 g/mol. The highest BCUT2D eigenvalue weighted by molar-refractivity contribution is 5.21.